The smallest absolute Gasteiger partial charge is 0.250 e. The van der Waals surface area contributed by atoms with Gasteiger partial charge in [-0.3, -0.25) is 14.9 Å². The van der Waals surface area contributed by atoms with Crippen LogP contribution in [-0.2, 0) is 4.79 Å². The molecular formula is C21H17ClN4O2S. The van der Waals surface area contributed by atoms with E-state index in [1.165, 1.54) is 11.3 Å². The number of anilines is 1. The fourth-order valence-electron chi connectivity index (χ4n) is 2.85. The van der Waals surface area contributed by atoms with E-state index < -0.39 is 0 Å². The highest BCUT2D eigenvalue weighted by molar-refractivity contribution is 7.15. The average Bonchev–Trinajstić information content (AvgIpc) is 3.27. The molecule has 6 nitrogen and oxygen atoms in total. The Morgan fingerprint density at radius 2 is 1.79 bits per heavy atom. The monoisotopic (exact) mass is 424 g/mol. The van der Waals surface area contributed by atoms with Crippen LogP contribution in [0.1, 0.15) is 28.8 Å². The molecule has 2 aromatic heterocycles. The molecule has 4 rings (SSSR count). The Kier molecular flexibility index (Phi) is 5.42. The number of hydrogen-bond acceptors (Lipinski definition) is 5. The molecule has 1 amide bonds. The molecule has 2 aromatic carbocycles. The predicted octanol–water partition coefficient (Wildman–Crippen LogP) is 5.02. The van der Waals surface area contributed by atoms with Gasteiger partial charge in [-0.05, 0) is 19.1 Å². The molecule has 0 saturated heterocycles. The van der Waals surface area contributed by atoms with Gasteiger partial charge in [0.15, 0.2) is 5.78 Å². The molecule has 2 heterocycles. The second-order valence-electron chi connectivity index (χ2n) is 6.60. The summed E-state index contributed by atoms with van der Waals surface area (Å²) in [6, 6.07) is 14.7. The SMILES string of the molecule is Cc1ccc(C(=O)CCC(=O)Nc2nc3scc(-c4ccc(Cl)cc4)n3n2)cc1. The first kappa shape index (κ1) is 19.3. The van der Waals surface area contributed by atoms with Crippen molar-refractivity contribution in [1.82, 2.24) is 14.6 Å². The summed E-state index contributed by atoms with van der Waals surface area (Å²) in [5.74, 6) is -0.138. The molecule has 0 fully saturated rings. The number of carbonyl (C=O) groups excluding carboxylic acids is 2. The number of aromatic nitrogens is 3. The summed E-state index contributed by atoms with van der Waals surface area (Å²) in [6.07, 6.45) is 0.205. The van der Waals surface area contributed by atoms with Crippen LogP contribution in [0.4, 0.5) is 5.95 Å². The number of Topliss-reactive ketones (excluding diaryl/α,β-unsaturated/α-hetero) is 1. The molecule has 0 bridgehead atoms. The van der Waals surface area contributed by atoms with Crippen molar-refractivity contribution in [3.63, 3.8) is 0 Å². The number of ketones is 1. The molecule has 0 spiro atoms. The number of halogens is 1. The zero-order valence-corrected chi connectivity index (χ0v) is 17.1. The van der Waals surface area contributed by atoms with Crippen molar-refractivity contribution in [2.24, 2.45) is 0 Å². The maximum atomic E-state index is 12.2. The Hall–Kier alpha value is -3.03. The van der Waals surface area contributed by atoms with E-state index in [1.54, 1.807) is 16.6 Å². The van der Waals surface area contributed by atoms with Crippen molar-refractivity contribution in [3.05, 3.63) is 70.1 Å². The van der Waals surface area contributed by atoms with Gasteiger partial charge < -0.3 is 0 Å². The summed E-state index contributed by atoms with van der Waals surface area (Å²) in [5.41, 5.74) is 3.51. The number of fused-ring (bicyclic) bond motifs is 1. The van der Waals surface area contributed by atoms with Crippen molar-refractivity contribution in [1.29, 1.82) is 0 Å². The average molecular weight is 425 g/mol. The fraction of sp³-hybridized carbons (Fsp3) is 0.143. The molecule has 0 atom stereocenters. The predicted molar refractivity (Wildman–Crippen MR) is 115 cm³/mol. The van der Waals surface area contributed by atoms with Crippen molar-refractivity contribution < 1.29 is 9.59 Å². The van der Waals surface area contributed by atoms with E-state index in [-0.39, 0.29) is 30.5 Å². The van der Waals surface area contributed by atoms with Gasteiger partial charge in [0.2, 0.25) is 16.8 Å². The molecule has 0 aliphatic heterocycles. The zero-order valence-electron chi connectivity index (χ0n) is 15.6. The number of aryl methyl sites for hydroxylation is 1. The molecule has 0 radical (unpaired) electrons. The van der Waals surface area contributed by atoms with Crippen molar-refractivity contribution in [2.45, 2.75) is 19.8 Å². The Bertz CT molecular complexity index is 1180. The van der Waals surface area contributed by atoms with Crippen molar-refractivity contribution >= 4 is 45.5 Å². The van der Waals surface area contributed by atoms with Crippen LogP contribution in [0.15, 0.2) is 53.9 Å². The van der Waals surface area contributed by atoms with Crippen LogP contribution in [0, 0.1) is 6.92 Å². The van der Waals surface area contributed by atoms with Gasteiger partial charge >= 0.3 is 0 Å². The summed E-state index contributed by atoms with van der Waals surface area (Å²) < 4.78 is 1.68. The Balaban J connectivity index is 1.41. The zero-order chi connectivity index (χ0) is 20.4. The van der Waals surface area contributed by atoms with Crippen molar-refractivity contribution in [2.75, 3.05) is 5.32 Å². The van der Waals surface area contributed by atoms with E-state index in [4.69, 9.17) is 11.6 Å². The molecule has 29 heavy (non-hydrogen) atoms. The maximum absolute atomic E-state index is 12.2. The highest BCUT2D eigenvalue weighted by Gasteiger charge is 2.15. The molecule has 8 heteroatoms. The van der Waals surface area contributed by atoms with Crippen LogP contribution in [-0.4, -0.2) is 26.3 Å². The quantitative estimate of drug-likeness (QED) is 0.441. The summed E-state index contributed by atoms with van der Waals surface area (Å²) in [7, 11) is 0. The van der Waals surface area contributed by atoms with Crippen LogP contribution in [0.3, 0.4) is 0 Å². The van der Waals surface area contributed by atoms with E-state index >= 15 is 0 Å². The third-order valence-corrected chi connectivity index (χ3v) is 5.49. The van der Waals surface area contributed by atoms with E-state index in [1.807, 2.05) is 48.7 Å². The Morgan fingerprint density at radius 3 is 2.52 bits per heavy atom. The van der Waals surface area contributed by atoms with Gasteiger partial charge in [-0.25, -0.2) is 4.52 Å². The standard InChI is InChI=1S/C21H17ClN4O2S/c1-13-2-4-15(5-3-13)18(27)10-11-19(28)23-20-24-21-26(25-20)17(12-29-21)14-6-8-16(22)9-7-14/h2-9,12H,10-11H2,1H3,(H,23,25,28). The van der Waals surface area contributed by atoms with Crippen LogP contribution in [0.5, 0.6) is 0 Å². The number of nitrogens with zero attached hydrogens (tertiary/aromatic N) is 3. The van der Waals surface area contributed by atoms with Gasteiger partial charge in [-0.15, -0.1) is 16.4 Å². The van der Waals surface area contributed by atoms with Crippen LogP contribution in [0.25, 0.3) is 16.2 Å². The summed E-state index contributed by atoms with van der Waals surface area (Å²) >= 11 is 7.38. The molecular weight excluding hydrogens is 408 g/mol. The number of nitrogens with one attached hydrogen (secondary N) is 1. The maximum Gasteiger partial charge on any atom is 0.250 e. The van der Waals surface area contributed by atoms with Crippen LogP contribution in [0.2, 0.25) is 5.02 Å². The van der Waals surface area contributed by atoms with Gasteiger partial charge in [0.1, 0.15) is 0 Å². The fourth-order valence-corrected chi connectivity index (χ4v) is 3.81. The molecule has 0 unspecified atom stereocenters. The highest BCUT2D eigenvalue weighted by Crippen LogP contribution is 2.27. The van der Waals surface area contributed by atoms with Gasteiger partial charge in [-0.2, -0.15) is 4.98 Å². The normalized spacial score (nSPS) is 11.0. The number of hydrogen-bond donors (Lipinski definition) is 1. The second kappa shape index (κ2) is 8.14. The lowest BCUT2D eigenvalue weighted by atomic mass is 10.1. The molecule has 4 aromatic rings. The lowest BCUT2D eigenvalue weighted by Crippen LogP contribution is -2.14. The van der Waals surface area contributed by atoms with Gasteiger partial charge in [0.25, 0.3) is 0 Å². The minimum Gasteiger partial charge on any atom is -0.294 e. The van der Waals surface area contributed by atoms with Gasteiger partial charge in [0, 0.05) is 34.4 Å². The number of thiazole rings is 1. The molecule has 1 N–H and O–H groups in total. The van der Waals surface area contributed by atoms with Crippen LogP contribution < -0.4 is 5.32 Å². The number of benzene rings is 2. The first-order valence-electron chi connectivity index (χ1n) is 8.99. The van der Waals surface area contributed by atoms with Crippen LogP contribution >= 0.6 is 22.9 Å². The molecule has 0 aliphatic carbocycles. The summed E-state index contributed by atoms with van der Waals surface area (Å²) in [4.78, 5) is 29.5. The van der Waals surface area contributed by atoms with Gasteiger partial charge in [-0.1, -0.05) is 53.6 Å². The van der Waals surface area contributed by atoms with E-state index in [2.05, 4.69) is 15.4 Å². The lowest BCUT2D eigenvalue weighted by Gasteiger charge is -2.02. The third-order valence-electron chi connectivity index (χ3n) is 4.43. The second-order valence-corrected chi connectivity index (χ2v) is 7.87. The number of amides is 1. The highest BCUT2D eigenvalue weighted by atomic mass is 35.5. The summed E-state index contributed by atoms with van der Waals surface area (Å²) in [6.45, 7) is 1.96. The molecule has 146 valence electrons. The largest absolute Gasteiger partial charge is 0.294 e. The number of rotatable bonds is 6. The Labute approximate surface area is 176 Å². The minimum atomic E-state index is -0.295. The molecule has 0 saturated carbocycles. The first-order chi connectivity index (χ1) is 14.0. The van der Waals surface area contributed by atoms with Crippen molar-refractivity contribution in [3.8, 4) is 11.3 Å². The van der Waals surface area contributed by atoms with E-state index in [0.29, 0.717) is 15.5 Å². The molecule has 0 aliphatic rings. The summed E-state index contributed by atoms with van der Waals surface area (Å²) in [5, 5.41) is 9.65. The number of carbonyl (C=O) groups is 2. The van der Waals surface area contributed by atoms with E-state index in [9.17, 15) is 9.59 Å². The topological polar surface area (TPSA) is 76.4 Å². The first-order valence-corrected chi connectivity index (χ1v) is 10.3. The van der Waals surface area contributed by atoms with Gasteiger partial charge in [0.05, 0.1) is 5.69 Å². The Morgan fingerprint density at radius 1 is 1.07 bits per heavy atom. The van der Waals surface area contributed by atoms with E-state index in [0.717, 1.165) is 16.8 Å². The minimum absolute atomic E-state index is 0.0658. The lowest BCUT2D eigenvalue weighted by molar-refractivity contribution is -0.116. The third kappa shape index (κ3) is 4.36.